The van der Waals surface area contributed by atoms with E-state index in [-0.39, 0.29) is 23.4 Å². The second kappa shape index (κ2) is 4.63. The number of benzene rings is 1. The molecule has 0 radical (unpaired) electrons. The molecule has 0 aliphatic heterocycles. The Morgan fingerprint density at radius 3 is 2.20 bits per heavy atom. The second-order valence-corrected chi connectivity index (χ2v) is 2.87. The Morgan fingerprint density at radius 1 is 1.27 bits per heavy atom. The molecular formula is C9H9NO5. The summed E-state index contributed by atoms with van der Waals surface area (Å²) in [4.78, 5) is 20.4. The molecule has 0 aromatic heterocycles. The van der Waals surface area contributed by atoms with Crippen molar-refractivity contribution >= 4 is 12.0 Å². The summed E-state index contributed by atoms with van der Waals surface area (Å²) in [5.74, 6) is 0. The summed E-state index contributed by atoms with van der Waals surface area (Å²) in [6.07, 6.45) is 0.346. The van der Waals surface area contributed by atoms with Crippen LogP contribution < -0.4 is 0 Å². The van der Waals surface area contributed by atoms with Gasteiger partial charge in [0.15, 0.2) is 6.29 Å². The lowest BCUT2D eigenvalue weighted by molar-refractivity contribution is -0.385. The normalized spacial score (nSPS) is 10.0. The minimum Gasteiger partial charge on any atom is -0.392 e. The van der Waals surface area contributed by atoms with Crippen molar-refractivity contribution in [1.29, 1.82) is 0 Å². The fourth-order valence-electron chi connectivity index (χ4n) is 1.24. The van der Waals surface area contributed by atoms with Crippen LogP contribution in [0.4, 0.5) is 5.69 Å². The highest BCUT2D eigenvalue weighted by atomic mass is 16.6. The minimum atomic E-state index is -0.704. The van der Waals surface area contributed by atoms with Crippen molar-refractivity contribution in [2.75, 3.05) is 0 Å². The van der Waals surface area contributed by atoms with Gasteiger partial charge in [-0.15, -0.1) is 0 Å². The van der Waals surface area contributed by atoms with Gasteiger partial charge in [0.05, 0.1) is 23.7 Å². The average Bonchev–Trinajstić information content (AvgIpc) is 2.26. The van der Waals surface area contributed by atoms with Crippen molar-refractivity contribution in [3.63, 3.8) is 0 Å². The van der Waals surface area contributed by atoms with Crippen LogP contribution in [0.15, 0.2) is 12.1 Å². The summed E-state index contributed by atoms with van der Waals surface area (Å²) < 4.78 is 0. The third-order valence-electron chi connectivity index (χ3n) is 2.01. The van der Waals surface area contributed by atoms with Crippen LogP contribution in [0, 0.1) is 10.1 Å². The molecule has 0 amide bonds. The van der Waals surface area contributed by atoms with Crippen molar-refractivity contribution in [3.8, 4) is 0 Å². The zero-order valence-electron chi connectivity index (χ0n) is 7.71. The van der Waals surface area contributed by atoms with Gasteiger partial charge in [-0.2, -0.15) is 0 Å². The number of hydrogen-bond donors (Lipinski definition) is 2. The van der Waals surface area contributed by atoms with E-state index in [1.165, 1.54) is 6.07 Å². The quantitative estimate of drug-likeness (QED) is 0.426. The number of nitro benzene ring substituents is 1. The SMILES string of the molecule is O=Cc1cc(CO)c(CO)cc1[N+](=O)[O-]. The van der Waals surface area contributed by atoms with E-state index < -0.39 is 11.5 Å². The van der Waals surface area contributed by atoms with Crippen molar-refractivity contribution in [2.45, 2.75) is 13.2 Å². The number of nitro groups is 1. The number of carbonyl (C=O) groups is 1. The van der Waals surface area contributed by atoms with Gasteiger partial charge in [-0.25, -0.2) is 0 Å². The second-order valence-electron chi connectivity index (χ2n) is 2.87. The number of nitrogens with zero attached hydrogens (tertiary/aromatic N) is 1. The maximum Gasteiger partial charge on any atom is 0.280 e. The first-order valence-electron chi connectivity index (χ1n) is 4.11. The number of carbonyl (C=O) groups excluding carboxylic acids is 1. The molecule has 0 fully saturated rings. The van der Waals surface area contributed by atoms with Crippen molar-refractivity contribution in [3.05, 3.63) is 38.9 Å². The molecule has 0 heterocycles. The number of aliphatic hydroxyl groups excluding tert-OH is 2. The predicted molar refractivity (Wildman–Crippen MR) is 50.3 cm³/mol. The van der Waals surface area contributed by atoms with Crippen LogP contribution in [0.3, 0.4) is 0 Å². The van der Waals surface area contributed by atoms with Gasteiger partial charge in [0.2, 0.25) is 0 Å². The highest BCUT2D eigenvalue weighted by Gasteiger charge is 2.16. The van der Waals surface area contributed by atoms with E-state index >= 15 is 0 Å². The van der Waals surface area contributed by atoms with E-state index in [1.54, 1.807) is 0 Å². The van der Waals surface area contributed by atoms with E-state index in [4.69, 9.17) is 10.2 Å². The van der Waals surface area contributed by atoms with Crippen LogP contribution in [0.25, 0.3) is 0 Å². The molecule has 0 aliphatic carbocycles. The van der Waals surface area contributed by atoms with Gasteiger partial charge in [0.25, 0.3) is 5.69 Å². The Bertz CT molecular complexity index is 402. The summed E-state index contributed by atoms with van der Waals surface area (Å²) in [6, 6.07) is 2.30. The molecule has 0 saturated carbocycles. The van der Waals surface area contributed by atoms with Crippen molar-refractivity contribution in [2.24, 2.45) is 0 Å². The Morgan fingerprint density at radius 2 is 1.80 bits per heavy atom. The molecule has 1 aromatic carbocycles. The molecule has 0 unspecified atom stereocenters. The van der Waals surface area contributed by atoms with Crippen LogP contribution in [-0.2, 0) is 13.2 Å². The molecule has 6 heteroatoms. The molecule has 0 aliphatic rings. The van der Waals surface area contributed by atoms with Gasteiger partial charge in [0, 0.05) is 6.07 Å². The van der Waals surface area contributed by atoms with Crippen LogP contribution in [0.1, 0.15) is 21.5 Å². The van der Waals surface area contributed by atoms with Crippen molar-refractivity contribution in [1.82, 2.24) is 0 Å². The van der Waals surface area contributed by atoms with Gasteiger partial charge < -0.3 is 10.2 Å². The molecule has 2 N–H and O–H groups in total. The first kappa shape index (κ1) is 11.3. The molecule has 15 heavy (non-hydrogen) atoms. The third-order valence-corrected chi connectivity index (χ3v) is 2.01. The molecule has 0 atom stereocenters. The van der Waals surface area contributed by atoms with Crippen LogP contribution in [0.5, 0.6) is 0 Å². The van der Waals surface area contributed by atoms with E-state index in [9.17, 15) is 14.9 Å². The Balaban J connectivity index is 3.40. The van der Waals surface area contributed by atoms with Crippen LogP contribution in [0.2, 0.25) is 0 Å². The Labute approximate surface area is 84.9 Å². The summed E-state index contributed by atoms with van der Waals surface area (Å²) in [6.45, 7) is -0.801. The van der Waals surface area contributed by atoms with Crippen molar-refractivity contribution < 1.29 is 19.9 Å². The highest BCUT2D eigenvalue weighted by Crippen LogP contribution is 2.22. The molecule has 80 valence electrons. The van der Waals surface area contributed by atoms with Gasteiger partial charge in [-0.1, -0.05) is 0 Å². The van der Waals surface area contributed by atoms with Crippen LogP contribution in [-0.4, -0.2) is 21.4 Å². The van der Waals surface area contributed by atoms with E-state index in [0.29, 0.717) is 11.8 Å². The Kier molecular flexibility index (Phi) is 3.48. The van der Waals surface area contributed by atoms with Gasteiger partial charge in [-0.3, -0.25) is 14.9 Å². The average molecular weight is 211 g/mol. The van der Waals surface area contributed by atoms with Gasteiger partial charge >= 0.3 is 0 Å². The molecule has 0 bridgehead atoms. The molecule has 1 rings (SSSR count). The first-order chi connectivity index (χ1) is 7.13. The predicted octanol–water partition coefficient (Wildman–Crippen LogP) is 0.392. The summed E-state index contributed by atoms with van der Waals surface area (Å²) in [5, 5.41) is 28.4. The van der Waals surface area contributed by atoms with E-state index in [1.807, 2.05) is 0 Å². The number of rotatable bonds is 4. The standard InChI is InChI=1S/C9H9NO5/c11-3-6-1-8(5-13)9(10(14)15)2-7(6)4-12/h1-2,5,11-12H,3-4H2. The summed E-state index contributed by atoms with van der Waals surface area (Å²) in [5.41, 5.74) is 0.0764. The monoisotopic (exact) mass is 211 g/mol. The zero-order chi connectivity index (χ0) is 11.4. The lowest BCUT2D eigenvalue weighted by Gasteiger charge is -2.05. The zero-order valence-corrected chi connectivity index (χ0v) is 7.71. The topological polar surface area (TPSA) is 101 Å². The highest BCUT2D eigenvalue weighted by molar-refractivity contribution is 5.82. The molecular weight excluding hydrogens is 202 g/mol. The number of aliphatic hydroxyl groups is 2. The van der Waals surface area contributed by atoms with E-state index in [0.717, 1.165) is 6.07 Å². The minimum absolute atomic E-state index is 0.110. The first-order valence-corrected chi connectivity index (χ1v) is 4.11. The number of hydrogen-bond acceptors (Lipinski definition) is 5. The van der Waals surface area contributed by atoms with Gasteiger partial charge in [0.1, 0.15) is 0 Å². The Hall–Kier alpha value is -1.79. The summed E-state index contributed by atoms with van der Waals surface area (Å²) >= 11 is 0. The maximum atomic E-state index is 10.6. The van der Waals surface area contributed by atoms with E-state index in [2.05, 4.69) is 0 Å². The fourth-order valence-corrected chi connectivity index (χ4v) is 1.24. The molecule has 6 nitrogen and oxygen atoms in total. The largest absolute Gasteiger partial charge is 0.392 e. The smallest absolute Gasteiger partial charge is 0.280 e. The lowest BCUT2D eigenvalue weighted by atomic mass is 10.0. The molecule has 0 saturated heterocycles. The molecule has 1 aromatic rings. The van der Waals surface area contributed by atoms with Crippen LogP contribution >= 0.6 is 0 Å². The fraction of sp³-hybridized carbons (Fsp3) is 0.222. The third kappa shape index (κ3) is 2.17. The maximum absolute atomic E-state index is 10.6. The molecule has 0 spiro atoms. The lowest BCUT2D eigenvalue weighted by Crippen LogP contribution is -2.01. The summed E-state index contributed by atoms with van der Waals surface area (Å²) in [7, 11) is 0. The van der Waals surface area contributed by atoms with Gasteiger partial charge in [-0.05, 0) is 17.2 Å². The number of aldehydes is 1.